The van der Waals surface area contributed by atoms with Crippen LogP contribution in [-0.2, 0) is 6.61 Å². The first-order valence-electron chi connectivity index (χ1n) is 7.04. The third-order valence-electron chi connectivity index (χ3n) is 3.20. The molecule has 0 aromatic heterocycles. The highest BCUT2D eigenvalue weighted by Crippen LogP contribution is 2.17. The van der Waals surface area contributed by atoms with Crippen LogP contribution in [0, 0.1) is 0 Å². The first-order chi connectivity index (χ1) is 9.78. The molecule has 0 fully saturated rings. The topological polar surface area (TPSA) is 47.3 Å². The zero-order valence-corrected chi connectivity index (χ0v) is 11.9. The van der Waals surface area contributed by atoms with Crippen LogP contribution in [0.3, 0.4) is 0 Å². The fraction of sp³-hybridized carbons (Fsp3) is 0.294. The third-order valence-corrected chi connectivity index (χ3v) is 3.20. The Morgan fingerprint density at radius 3 is 2.40 bits per heavy atom. The molecule has 0 aliphatic carbocycles. The summed E-state index contributed by atoms with van der Waals surface area (Å²) in [7, 11) is 0. The molecule has 1 atom stereocenters. The summed E-state index contributed by atoms with van der Waals surface area (Å²) in [6.07, 6.45) is 0.977. The van der Waals surface area contributed by atoms with Gasteiger partial charge in [-0.1, -0.05) is 37.3 Å². The van der Waals surface area contributed by atoms with E-state index < -0.39 is 0 Å². The van der Waals surface area contributed by atoms with Crippen molar-refractivity contribution in [3.05, 3.63) is 60.2 Å². The quantitative estimate of drug-likeness (QED) is 0.810. The largest absolute Gasteiger partial charge is 0.489 e. The summed E-state index contributed by atoms with van der Waals surface area (Å²) < 4.78 is 5.74. The summed E-state index contributed by atoms with van der Waals surface area (Å²) in [5, 5.41) is 3.32. The highest BCUT2D eigenvalue weighted by molar-refractivity contribution is 5.46. The number of anilines is 1. The average Bonchev–Trinajstić information content (AvgIpc) is 2.52. The lowest BCUT2D eigenvalue weighted by atomic mass is 10.2. The summed E-state index contributed by atoms with van der Waals surface area (Å²) in [6.45, 7) is 3.47. The minimum Gasteiger partial charge on any atom is -0.489 e. The van der Waals surface area contributed by atoms with Crippen molar-refractivity contribution in [3.8, 4) is 5.75 Å². The van der Waals surface area contributed by atoms with Crippen LogP contribution in [0.4, 0.5) is 5.69 Å². The van der Waals surface area contributed by atoms with Crippen molar-refractivity contribution in [1.82, 2.24) is 0 Å². The van der Waals surface area contributed by atoms with Crippen LogP contribution in [-0.4, -0.2) is 12.6 Å². The van der Waals surface area contributed by atoms with E-state index in [0.717, 1.165) is 24.4 Å². The number of benzene rings is 2. The zero-order chi connectivity index (χ0) is 14.2. The number of hydrogen-bond donors (Lipinski definition) is 2. The van der Waals surface area contributed by atoms with Crippen LogP contribution >= 0.6 is 0 Å². The summed E-state index contributed by atoms with van der Waals surface area (Å²) in [4.78, 5) is 0. The van der Waals surface area contributed by atoms with E-state index in [0.29, 0.717) is 6.61 Å². The van der Waals surface area contributed by atoms with Gasteiger partial charge in [0.05, 0.1) is 0 Å². The Hall–Kier alpha value is -2.00. The molecule has 2 aromatic carbocycles. The summed E-state index contributed by atoms with van der Waals surface area (Å²) in [5.74, 6) is 0.874. The smallest absolute Gasteiger partial charge is 0.119 e. The lowest BCUT2D eigenvalue weighted by Gasteiger charge is -2.12. The van der Waals surface area contributed by atoms with Gasteiger partial charge in [0.25, 0.3) is 0 Å². The maximum Gasteiger partial charge on any atom is 0.119 e. The second-order valence-electron chi connectivity index (χ2n) is 4.85. The van der Waals surface area contributed by atoms with Gasteiger partial charge in [-0.2, -0.15) is 0 Å². The van der Waals surface area contributed by atoms with Crippen LogP contribution < -0.4 is 15.8 Å². The van der Waals surface area contributed by atoms with Gasteiger partial charge in [0.15, 0.2) is 0 Å². The maximum atomic E-state index is 5.88. The van der Waals surface area contributed by atoms with E-state index in [-0.39, 0.29) is 6.04 Å². The zero-order valence-electron chi connectivity index (χ0n) is 11.9. The molecule has 2 rings (SSSR count). The highest BCUT2D eigenvalue weighted by atomic mass is 16.5. The Morgan fingerprint density at radius 1 is 1.05 bits per heavy atom. The number of nitrogens with one attached hydrogen (secondary N) is 1. The Morgan fingerprint density at radius 2 is 1.75 bits per heavy atom. The van der Waals surface area contributed by atoms with Gasteiger partial charge in [-0.15, -0.1) is 0 Å². The van der Waals surface area contributed by atoms with Gasteiger partial charge in [0.2, 0.25) is 0 Å². The number of ether oxygens (including phenoxy) is 1. The predicted molar refractivity (Wildman–Crippen MR) is 84.0 cm³/mol. The van der Waals surface area contributed by atoms with Crippen LogP contribution in [0.1, 0.15) is 18.9 Å². The number of nitrogens with two attached hydrogens (primary N) is 1. The molecule has 0 spiro atoms. The molecule has 3 nitrogen and oxygen atoms in total. The van der Waals surface area contributed by atoms with E-state index in [1.54, 1.807) is 0 Å². The van der Waals surface area contributed by atoms with E-state index in [1.165, 1.54) is 5.56 Å². The molecule has 20 heavy (non-hydrogen) atoms. The molecule has 0 radical (unpaired) electrons. The van der Waals surface area contributed by atoms with Crippen molar-refractivity contribution in [1.29, 1.82) is 0 Å². The van der Waals surface area contributed by atoms with Gasteiger partial charge in [-0.3, -0.25) is 0 Å². The van der Waals surface area contributed by atoms with Gasteiger partial charge in [0, 0.05) is 18.3 Å². The fourth-order valence-corrected chi connectivity index (χ4v) is 1.80. The van der Waals surface area contributed by atoms with Crippen LogP contribution in [0.2, 0.25) is 0 Å². The minimum absolute atomic E-state index is 0.198. The Kier molecular flexibility index (Phi) is 5.44. The lowest BCUT2D eigenvalue weighted by molar-refractivity contribution is 0.306. The third kappa shape index (κ3) is 4.59. The molecular formula is C17H22N2O. The Labute approximate surface area is 120 Å². The molecule has 0 saturated heterocycles. The highest BCUT2D eigenvalue weighted by Gasteiger charge is 2.00. The van der Waals surface area contributed by atoms with Crippen molar-refractivity contribution in [2.75, 3.05) is 11.9 Å². The summed E-state index contributed by atoms with van der Waals surface area (Å²) in [6, 6.07) is 18.3. The molecule has 2 aromatic rings. The molecule has 0 saturated carbocycles. The van der Waals surface area contributed by atoms with Crippen molar-refractivity contribution in [2.24, 2.45) is 5.73 Å². The van der Waals surface area contributed by atoms with Gasteiger partial charge >= 0.3 is 0 Å². The first kappa shape index (κ1) is 14.4. The normalized spacial score (nSPS) is 11.9. The van der Waals surface area contributed by atoms with E-state index in [9.17, 15) is 0 Å². The first-order valence-corrected chi connectivity index (χ1v) is 7.04. The van der Waals surface area contributed by atoms with Crippen LogP contribution in [0.25, 0.3) is 0 Å². The van der Waals surface area contributed by atoms with E-state index in [4.69, 9.17) is 10.5 Å². The van der Waals surface area contributed by atoms with Crippen molar-refractivity contribution >= 4 is 5.69 Å². The molecular weight excluding hydrogens is 248 g/mol. The van der Waals surface area contributed by atoms with Gasteiger partial charge in [-0.25, -0.2) is 0 Å². The number of rotatable bonds is 7. The fourth-order valence-electron chi connectivity index (χ4n) is 1.80. The molecule has 0 aliphatic heterocycles. The SMILES string of the molecule is CCC(N)CNc1ccc(OCc2ccccc2)cc1. The molecule has 106 valence electrons. The molecule has 0 aliphatic rings. The van der Waals surface area contributed by atoms with Crippen molar-refractivity contribution in [3.63, 3.8) is 0 Å². The van der Waals surface area contributed by atoms with Crippen molar-refractivity contribution in [2.45, 2.75) is 26.0 Å². The number of hydrogen-bond acceptors (Lipinski definition) is 3. The predicted octanol–water partition coefficient (Wildman–Crippen LogP) is 3.41. The van der Waals surface area contributed by atoms with E-state index >= 15 is 0 Å². The molecule has 0 bridgehead atoms. The second-order valence-corrected chi connectivity index (χ2v) is 4.85. The molecule has 1 unspecified atom stereocenters. The lowest BCUT2D eigenvalue weighted by Crippen LogP contribution is -2.27. The summed E-state index contributed by atoms with van der Waals surface area (Å²) in [5.41, 5.74) is 8.12. The summed E-state index contributed by atoms with van der Waals surface area (Å²) >= 11 is 0. The Balaban J connectivity index is 1.82. The molecule has 3 heteroatoms. The molecule has 0 amide bonds. The monoisotopic (exact) mass is 270 g/mol. The molecule has 3 N–H and O–H groups in total. The van der Waals surface area contributed by atoms with E-state index in [1.807, 2.05) is 42.5 Å². The van der Waals surface area contributed by atoms with Crippen LogP contribution in [0.5, 0.6) is 5.75 Å². The van der Waals surface area contributed by atoms with Crippen LogP contribution in [0.15, 0.2) is 54.6 Å². The maximum absolute atomic E-state index is 5.88. The van der Waals surface area contributed by atoms with Gasteiger partial charge < -0.3 is 15.8 Å². The minimum atomic E-state index is 0.198. The van der Waals surface area contributed by atoms with Gasteiger partial charge in [-0.05, 0) is 36.2 Å². The van der Waals surface area contributed by atoms with Gasteiger partial charge in [0.1, 0.15) is 12.4 Å². The average molecular weight is 270 g/mol. The van der Waals surface area contributed by atoms with E-state index in [2.05, 4.69) is 24.4 Å². The van der Waals surface area contributed by atoms with Crippen molar-refractivity contribution < 1.29 is 4.74 Å². The molecule has 0 heterocycles. The standard InChI is InChI=1S/C17H22N2O/c1-2-15(18)12-19-16-8-10-17(11-9-16)20-13-14-6-4-3-5-7-14/h3-11,15,19H,2,12-13,18H2,1H3. The second kappa shape index (κ2) is 7.56. The Bertz CT molecular complexity index is 496.